The molecule has 0 radical (unpaired) electrons. The molecule has 4 aromatic rings. The Labute approximate surface area is 155 Å². The van der Waals surface area contributed by atoms with E-state index in [1.54, 1.807) is 17.5 Å². The quantitative estimate of drug-likeness (QED) is 0.563. The van der Waals surface area contributed by atoms with Crippen molar-refractivity contribution in [3.05, 3.63) is 58.4 Å². The number of hydrogen-bond acceptors (Lipinski definition) is 7. The lowest BCUT2D eigenvalue weighted by atomic mass is 10.2. The van der Waals surface area contributed by atoms with E-state index in [1.807, 2.05) is 44.3 Å². The highest BCUT2D eigenvalue weighted by atomic mass is 32.1. The van der Waals surface area contributed by atoms with E-state index in [2.05, 4.69) is 35.2 Å². The molecule has 0 aliphatic rings. The van der Waals surface area contributed by atoms with Crippen LogP contribution in [0.25, 0.3) is 11.0 Å². The SMILES string of the molecule is Cc1nc(Cn2ccc3nc(N)nc(NC(C)c4ccccn4)c32)cs1. The van der Waals surface area contributed by atoms with Gasteiger partial charge >= 0.3 is 0 Å². The molecule has 0 aliphatic heterocycles. The van der Waals surface area contributed by atoms with Crippen LogP contribution in [0.5, 0.6) is 0 Å². The first-order chi connectivity index (χ1) is 12.6. The molecule has 0 amide bonds. The van der Waals surface area contributed by atoms with Crippen LogP contribution in [0.2, 0.25) is 0 Å². The van der Waals surface area contributed by atoms with Gasteiger partial charge in [-0.15, -0.1) is 11.3 Å². The predicted octanol–water partition coefficient (Wildman–Crippen LogP) is 3.39. The molecule has 0 saturated heterocycles. The number of aryl methyl sites for hydroxylation is 1. The molecule has 4 aromatic heterocycles. The molecule has 0 bridgehead atoms. The summed E-state index contributed by atoms with van der Waals surface area (Å²) in [7, 11) is 0. The van der Waals surface area contributed by atoms with Gasteiger partial charge in [0.15, 0.2) is 5.82 Å². The minimum absolute atomic E-state index is 0.0152. The fourth-order valence-corrected chi connectivity index (χ4v) is 3.53. The Morgan fingerprint density at radius 3 is 2.85 bits per heavy atom. The molecule has 0 spiro atoms. The van der Waals surface area contributed by atoms with Crippen molar-refractivity contribution in [2.75, 3.05) is 11.1 Å². The van der Waals surface area contributed by atoms with E-state index in [0.717, 1.165) is 27.4 Å². The predicted molar refractivity (Wildman–Crippen MR) is 104 cm³/mol. The van der Waals surface area contributed by atoms with Crippen LogP contribution in [0, 0.1) is 6.92 Å². The average molecular weight is 365 g/mol. The third-order valence-electron chi connectivity index (χ3n) is 4.11. The molecule has 0 fully saturated rings. The van der Waals surface area contributed by atoms with Crippen molar-refractivity contribution in [3.63, 3.8) is 0 Å². The summed E-state index contributed by atoms with van der Waals surface area (Å²) in [6, 6.07) is 7.79. The van der Waals surface area contributed by atoms with E-state index in [9.17, 15) is 0 Å². The summed E-state index contributed by atoms with van der Waals surface area (Å²) in [5.41, 5.74) is 9.58. The lowest BCUT2D eigenvalue weighted by molar-refractivity contribution is 0.800. The number of thiazole rings is 1. The van der Waals surface area contributed by atoms with Crippen LogP contribution in [0.3, 0.4) is 0 Å². The molecule has 132 valence electrons. The molecular weight excluding hydrogens is 346 g/mol. The number of fused-ring (bicyclic) bond motifs is 1. The second-order valence-corrected chi connectivity index (χ2v) is 7.15. The summed E-state index contributed by atoms with van der Waals surface area (Å²) in [6.07, 6.45) is 3.77. The lowest BCUT2D eigenvalue weighted by Gasteiger charge is -2.16. The fraction of sp³-hybridized carbons (Fsp3) is 0.222. The van der Waals surface area contributed by atoms with Crippen molar-refractivity contribution in [1.29, 1.82) is 0 Å². The third-order valence-corrected chi connectivity index (χ3v) is 4.93. The average Bonchev–Trinajstić information content (AvgIpc) is 3.22. The highest BCUT2D eigenvalue weighted by Gasteiger charge is 2.15. The number of nitrogen functional groups attached to an aromatic ring is 1. The van der Waals surface area contributed by atoms with Crippen LogP contribution >= 0.6 is 11.3 Å². The first kappa shape index (κ1) is 16.5. The minimum atomic E-state index is -0.0152. The van der Waals surface area contributed by atoms with Crippen LogP contribution in [0.15, 0.2) is 42.0 Å². The Kier molecular flexibility index (Phi) is 4.26. The topological polar surface area (TPSA) is 94.5 Å². The number of anilines is 2. The zero-order valence-corrected chi connectivity index (χ0v) is 15.4. The van der Waals surface area contributed by atoms with Crippen molar-refractivity contribution >= 4 is 34.1 Å². The molecular formula is C18H19N7S. The van der Waals surface area contributed by atoms with Gasteiger partial charge in [0.1, 0.15) is 5.52 Å². The molecule has 4 rings (SSSR count). The van der Waals surface area contributed by atoms with Crippen LogP contribution in [0.1, 0.15) is 29.4 Å². The number of nitrogens with one attached hydrogen (secondary N) is 1. The van der Waals surface area contributed by atoms with E-state index in [4.69, 9.17) is 5.73 Å². The second kappa shape index (κ2) is 6.72. The van der Waals surface area contributed by atoms with Crippen LogP contribution < -0.4 is 11.1 Å². The van der Waals surface area contributed by atoms with E-state index in [0.29, 0.717) is 12.4 Å². The van der Waals surface area contributed by atoms with Crippen molar-refractivity contribution < 1.29 is 0 Å². The maximum Gasteiger partial charge on any atom is 0.222 e. The van der Waals surface area contributed by atoms with Gasteiger partial charge in [-0.3, -0.25) is 4.98 Å². The maximum atomic E-state index is 5.91. The molecule has 8 heteroatoms. The first-order valence-corrected chi connectivity index (χ1v) is 9.19. The number of aromatic nitrogens is 5. The molecule has 1 atom stereocenters. The normalized spacial score (nSPS) is 12.4. The second-order valence-electron chi connectivity index (χ2n) is 6.09. The van der Waals surface area contributed by atoms with Gasteiger partial charge in [-0.05, 0) is 32.0 Å². The van der Waals surface area contributed by atoms with Crippen molar-refractivity contribution in [3.8, 4) is 0 Å². The van der Waals surface area contributed by atoms with Crippen LogP contribution in [-0.2, 0) is 6.54 Å². The molecule has 3 N–H and O–H groups in total. The number of pyridine rings is 1. The number of nitrogens with two attached hydrogens (primary N) is 1. The van der Waals surface area contributed by atoms with Gasteiger partial charge in [0.25, 0.3) is 0 Å². The van der Waals surface area contributed by atoms with Crippen LogP contribution in [0.4, 0.5) is 11.8 Å². The monoisotopic (exact) mass is 365 g/mol. The standard InChI is InChI=1S/C18H19N7S/c1-11(14-5-3-4-7-20-14)21-17-16-15(23-18(19)24-17)6-8-25(16)9-13-10-26-12(2)22-13/h3-8,10-11H,9H2,1-2H3,(H3,19,21,23,24). The van der Waals surface area contributed by atoms with E-state index in [-0.39, 0.29) is 12.0 Å². The number of rotatable bonds is 5. The molecule has 0 aliphatic carbocycles. The minimum Gasteiger partial charge on any atom is -0.368 e. The van der Waals surface area contributed by atoms with E-state index >= 15 is 0 Å². The summed E-state index contributed by atoms with van der Waals surface area (Å²) in [6.45, 7) is 4.71. The molecule has 0 saturated carbocycles. The third kappa shape index (κ3) is 3.23. The molecule has 1 unspecified atom stereocenters. The van der Waals surface area contributed by atoms with Gasteiger partial charge in [0.2, 0.25) is 5.95 Å². The first-order valence-electron chi connectivity index (χ1n) is 8.31. The Balaban J connectivity index is 1.72. The van der Waals surface area contributed by atoms with Gasteiger partial charge in [-0.25, -0.2) is 9.97 Å². The van der Waals surface area contributed by atoms with Gasteiger partial charge in [-0.2, -0.15) is 4.98 Å². The summed E-state index contributed by atoms with van der Waals surface area (Å²) < 4.78 is 2.09. The summed E-state index contributed by atoms with van der Waals surface area (Å²) in [5.74, 6) is 0.943. The van der Waals surface area contributed by atoms with Crippen molar-refractivity contribution in [1.82, 2.24) is 24.5 Å². The largest absolute Gasteiger partial charge is 0.368 e. The summed E-state index contributed by atoms with van der Waals surface area (Å²) in [4.78, 5) is 17.7. The van der Waals surface area contributed by atoms with Crippen molar-refractivity contribution in [2.24, 2.45) is 0 Å². The van der Waals surface area contributed by atoms with Gasteiger partial charge < -0.3 is 15.6 Å². The summed E-state index contributed by atoms with van der Waals surface area (Å²) in [5, 5.41) is 6.55. The van der Waals surface area contributed by atoms with Crippen LogP contribution in [-0.4, -0.2) is 24.5 Å². The van der Waals surface area contributed by atoms with Crippen molar-refractivity contribution in [2.45, 2.75) is 26.4 Å². The zero-order chi connectivity index (χ0) is 18.1. The molecule has 26 heavy (non-hydrogen) atoms. The Morgan fingerprint density at radius 1 is 1.23 bits per heavy atom. The van der Waals surface area contributed by atoms with E-state index < -0.39 is 0 Å². The van der Waals surface area contributed by atoms with Gasteiger partial charge in [-0.1, -0.05) is 6.07 Å². The summed E-state index contributed by atoms with van der Waals surface area (Å²) >= 11 is 1.65. The zero-order valence-electron chi connectivity index (χ0n) is 14.5. The lowest BCUT2D eigenvalue weighted by Crippen LogP contribution is -2.12. The Bertz CT molecular complexity index is 1040. The molecule has 0 aromatic carbocycles. The number of hydrogen-bond donors (Lipinski definition) is 2. The van der Waals surface area contributed by atoms with Gasteiger partial charge in [0.05, 0.1) is 34.5 Å². The molecule has 4 heterocycles. The number of nitrogens with zero attached hydrogens (tertiary/aromatic N) is 5. The van der Waals surface area contributed by atoms with E-state index in [1.165, 1.54) is 0 Å². The highest BCUT2D eigenvalue weighted by Crippen LogP contribution is 2.26. The molecule has 7 nitrogen and oxygen atoms in total. The fourth-order valence-electron chi connectivity index (χ4n) is 2.92. The van der Waals surface area contributed by atoms with Gasteiger partial charge in [0, 0.05) is 17.8 Å². The Morgan fingerprint density at radius 2 is 2.12 bits per heavy atom. The smallest absolute Gasteiger partial charge is 0.222 e. The maximum absolute atomic E-state index is 5.91. The highest BCUT2D eigenvalue weighted by molar-refractivity contribution is 7.09. The Hall–Kier alpha value is -3.00.